The molecule has 19 heavy (non-hydrogen) atoms. The van der Waals surface area contributed by atoms with Gasteiger partial charge in [0.15, 0.2) is 0 Å². The lowest BCUT2D eigenvalue weighted by molar-refractivity contribution is -0.121. The van der Waals surface area contributed by atoms with E-state index in [4.69, 9.17) is 0 Å². The second kappa shape index (κ2) is 11.3. The highest BCUT2D eigenvalue weighted by Crippen LogP contribution is 2.15. The van der Waals surface area contributed by atoms with Crippen LogP contribution in [0.1, 0.15) is 71.1 Å². The average molecular weight is 268 g/mol. The Bertz CT molecular complexity index is 225. The van der Waals surface area contributed by atoms with Crippen LogP contribution in [0.5, 0.6) is 0 Å². The van der Waals surface area contributed by atoms with Crippen molar-refractivity contribution in [3.63, 3.8) is 0 Å². The van der Waals surface area contributed by atoms with Gasteiger partial charge in [-0.15, -0.1) is 0 Å². The number of piperidine rings is 1. The minimum Gasteiger partial charge on any atom is -0.356 e. The Morgan fingerprint density at radius 3 is 2.74 bits per heavy atom. The van der Waals surface area contributed by atoms with E-state index in [-0.39, 0.29) is 5.91 Å². The van der Waals surface area contributed by atoms with Crippen LogP contribution < -0.4 is 10.6 Å². The van der Waals surface area contributed by atoms with Crippen LogP contribution in [-0.4, -0.2) is 25.5 Å². The molecule has 0 saturated carbocycles. The summed E-state index contributed by atoms with van der Waals surface area (Å²) in [7, 11) is 0. The van der Waals surface area contributed by atoms with Crippen LogP contribution in [0, 0.1) is 5.92 Å². The lowest BCUT2D eigenvalue weighted by atomic mass is 9.94. The molecule has 1 unspecified atom stereocenters. The standard InChI is InChI=1S/C16H32N2O/c1-2-3-4-5-6-7-13-18-16(19)11-10-15-9-8-12-17-14-15/h15,17H,2-14H2,1H3,(H,18,19). The number of nitrogens with one attached hydrogen (secondary N) is 2. The number of carbonyl (C=O) groups excluding carboxylic acids is 1. The molecule has 1 rings (SSSR count). The van der Waals surface area contributed by atoms with Crippen molar-refractivity contribution in [3.8, 4) is 0 Å². The highest BCUT2D eigenvalue weighted by atomic mass is 16.1. The zero-order chi connectivity index (χ0) is 13.8. The molecule has 0 aromatic heterocycles. The summed E-state index contributed by atoms with van der Waals surface area (Å²) in [5.74, 6) is 0.965. The summed E-state index contributed by atoms with van der Waals surface area (Å²) in [6.07, 6.45) is 12.0. The van der Waals surface area contributed by atoms with Crippen molar-refractivity contribution in [2.75, 3.05) is 19.6 Å². The van der Waals surface area contributed by atoms with Crippen molar-refractivity contribution < 1.29 is 4.79 Å². The van der Waals surface area contributed by atoms with Crippen molar-refractivity contribution in [2.45, 2.75) is 71.1 Å². The highest BCUT2D eigenvalue weighted by molar-refractivity contribution is 5.75. The molecule has 2 N–H and O–H groups in total. The topological polar surface area (TPSA) is 41.1 Å². The molecule has 1 fully saturated rings. The van der Waals surface area contributed by atoms with Crippen LogP contribution in [0.2, 0.25) is 0 Å². The van der Waals surface area contributed by atoms with Crippen LogP contribution in [0.4, 0.5) is 0 Å². The first kappa shape index (κ1) is 16.5. The third-order valence-corrected chi connectivity index (χ3v) is 4.03. The monoisotopic (exact) mass is 268 g/mol. The minimum atomic E-state index is 0.249. The predicted molar refractivity (Wildman–Crippen MR) is 81.2 cm³/mol. The molecule has 3 nitrogen and oxygen atoms in total. The van der Waals surface area contributed by atoms with Gasteiger partial charge < -0.3 is 10.6 Å². The number of carbonyl (C=O) groups is 1. The van der Waals surface area contributed by atoms with Gasteiger partial charge in [0.2, 0.25) is 5.91 Å². The van der Waals surface area contributed by atoms with E-state index in [9.17, 15) is 4.79 Å². The molecule has 0 radical (unpaired) electrons. The van der Waals surface area contributed by atoms with Crippen molar-refractivity contribution in [1.29, 1.82) is 0 Å². The zero-order valence-electron chi connectivity index (χ0n) is 12.7. The van der Waals surface area contributed by atoms with E-state index in [2.05, 4.69) is 17.6 Å². The molecule has 1 atom stereocenters. The van der Waals surface area contributed by atoms with Crippen molar-refractivity contribution in [2.24, 2.45) is 5.92 Å². The molecule has 0 spiro atoms. The molecule has 3 heteroatoms. The second-order valence-electron chi connectivity index (χ2n) is 5.87. The molecular weight excluding hydrogens is 236 g/mol. The first-order chi connectivity index (χ1) is 9.33. The zero-order valence-corrected chi connectivity index (χ0v) is 12.7. The van der Waals surface area contributed by atoms with Gasteiger partial charge in [0.05, 0.1) is 0 Å². The summed E-state index contributed by atoms with van der Waals surface area (Å²) in [5, 5.41) is 6.46. The van der Waals surface area contributed by atoms with Gasteiger partial charge in [0.1, 0.15) is 0 Å². The number of amides is 1. The van der Waals surface area contributed by atoms with E-state index in [1.807, 2.05) is 0 Å². The van der Waals surface area contributed by atoms with Crippen LogP contribution in [-0.2, 0) is 4.79 Å². The Hall–Kier alpha value is -0.570. The Balaban J connectivity index is 1.87. The Morgan fingerprint density at radius 2 is 2.00 bits per heavy atom. The predicted octanol–water partition coefficient (Wildman–Crippen LogP) is 3.24. The summed E-state index contributed by atoms with van der Waals surface area (Å²) in [6.45, 7) is 5.36. The molecule has 0 aromatic rings. The summed E-state index contributed by atoms with van der Waals surface area (Å²) in [6, 6.07) is 0. The van der Waals surface area contributed by atoms with Gasteiger partial charge in [-0.1, -0.05) is 39.0 Å². The summed E-state index contributed by atoms with van der Waals surface area (Å²) >= 11 is 0. The van der Waals surface area contributed by atoms with Crippen molar-refractivity contribution in [3.05, 3.63) is 0 Å². The fraction of sp³-hybridized carbons (Fsp3) is 0.938. The van der Waals surface area contributed by atoms with E-state index < -0.39 is 0 Å². The number of unbranched alkanes of at least 4 members (excludes halogenated alkanes) is 5. The highest BCUT2D eigenvalue weighted by Gasteiger charge is 2.13. The van der Waals surface area contributed by atoms with Gasteiger partial charge in [-0.05, 0) is 44.7 Å². The average Bonchev–Trinajstić information content (AvgIpc) is 2.45. The van der Waals surface area contributed by atoms with Gasteiger partial charge in [-0.25, -0.2) is 0 Å². The van der Waals surface area contributed by atoms with Gasteiger partial charge in [0.25, 0.3) is 0 Å². The molecule has 1 amide bonds. The smallest absolute Gasteiger partial charge is 0.220 e. The number of hydrogen-bond acceptors (Lipinski definition) is 2. The summed E-state index contributed by atoms with van der Waals surface area (Å²) in [5.41, 5.74) is 0. The Morgan fingerprint density at radius 1 is 1.21 bits per heavy atom. The van der Waals surface area contributed by atoms with E-state index in [1.165, 1.54) is 44.9 Å². The maximum Gasteiger partial charge on any atom is 0.220 e. The molecule has 1 saturated heterocycles. The summed E-state index contributed by atoms with van der Waals surface area (Å²) in [4.78, 5) is 11.7. The maximum atomic E-state index is 11.7. The Labute approximate surface area is 118 Å². The molecule has 0 bridgehead atoms. The van der Waals surface area contributed by atoms with Crippen LogP contribution in [0.3, 0.4) is 0 Å². The van der Waals surface area contributed by atoms with Crippen molar-refractivity contribution >= 4 is 5.91 Å². The lowest BCUT2D eigenvalue weighted by Gasteiger charge is -2.22. The fourth-order valence-corrected chi connectivity index (χ4v) is 2.73. The maximum absolute atomic E-state index is 11.7. The Kier molecular flexibility index (Phi) is 9.78. The third kappa shape index (κ3) is 9.04. The van der Waals surface area contributed by atoms with Gasteiger partial charge in [0, 0.05) is 13.0 Å². The van der Waals surface area contributed by atoms with E-state index in [0.717, 1.165) is 32.5 Å². The van der Waals surface area contributed by atoms with Crippen LogP contribution in [0.25, 0.3) is 0 Å². The third-order valence-electron chi connectivity index (χ3n) is 4.03. The SMILES string of the molecule is CCCCCCCCNC(=O)CCC1CCCNC1. The second-order valence-corrected chi connectivity index (χ2v) is 5.87. The molecule has 1 aliphatic rings. The molecule has 0 aromatic carbocycles. The number of hydrogen-bond donors (Lipinski definition) is 2. The lowest BCUT2D eigenvalue weighted by Crippen LogP contribution is -2.31. The van der Waals surface area contributed by atoms with Gasteiger partial charge in [-0.3, -0.25) is 4.79 Å². The molecule has 112 valence electrons. The number of rotatable bonds is 10. The molecule has 1 heterocycles. The normalized spacial score (nSPS) is 19.3. The quantitative estimate of drug-likeness (QED) is 0.597. The van der Waals surface area contributed by atoms with E-state index in [1.54, 1.807) is 0 Å². The van der Waals surface area contributed by atoms with Crippen LogP contribution >= 0.6 is 0 Å². The first-order valence-corrected chi connectivity index (χ1v) is 8.30. The molecule has 1 aliphatic heterocycles. The molecular formula is C16H32N2O. The van der Waals surface area contributed by atoms with Gasteiger partial charge in [-0.2, -0.15) is 0 Å². The van der Waals surface area contributed by atoms with E-state index >= 15 is 0 Å². The fourth-order valence-electron chi connectivity index (χ4n) is 2.73. The van der Waals surface area contributed by atoms with Crippen molar-refractivity contribution in [1.82, 2.24) is 10.6 Å². The van der Waals surface area contributed by atoms with E-state index in [0.29, 0.717) is 12.3 Å². The molecule has 0 aliphatic carbocycles. The first-order valence-electron chi connectivity index (χ1n) is 8.30. The van der Waals surface area contributed by atoms with Gasteiger partial charge >= 0.3 is 0 Å². The van der Waals surface area contributed by atoms with Crippen LogP contribution in [0.15, 0.2) is 0 Å². The minimum absolute atomic E-state index is 0.249. The summed E-state index contributed by atoms with van der Waals surface area (Å²) < 4.78 is 0. The largest absolute Gasteiger partial charge is 0.356 e.